The van der Waals surface area contributed by atoms with E-state index >= 15 is 0 Å². The third-order valence-electron chi connectivity index (χ3n) is 3.74. The Balaban J connectivity index is 1.79. The van der Waals surface area contributed by atoms with Gasteiger partial charge in [0.25, 0.3) is 22.5 Å². The summed E-state index contributed by atoms with van der Waals surface area (Å²) < 4.78 is 0. The van der Waals surface area contributed by atoms with Gasteiger partial charge in [-0.3, -0.25) is 34.7 Å². The maximum Gasteiger partial charge on any atom is 0.293 e. The number of non-ortho nitro benzene ring substituents is 2. The minimum absolute atomic E-state index is 0.0189. The average molecular weight is 385 g/mol. The molecular formula is C17H11N3O6S. The van der Waals surface area contributed by atoms with E-state index in [9.17, 15) is 29.8 Å². The molecule has 136 valence electrons. The highest BCUT2D eigenvalue weighted by atomic mass is 32.2. The number of thioether (sulfide) groups is 1. The summed E-state index contributed by atoms with van der Waals surface area (Å²) in [6.07, 6.45) is 1.42. The Morgan fingerprint density at radius 3 is 2.26 bits per heavy atom. The first-order valence-corrected chi connectivity index (χ1v) is 8.40. The summed E-state index contributed by atoms with van der Waals surface area (Å²) in [6.45, 7) is -0.0189. The highest BCUT2D eigenvalue weighted by molar-refractivity contribution is 8.18. The first-order valence-electron chi connectivity index (χ1n) is 7.58. The lowest BCUT2D eigenvalue weighted by Crippen LogP contribution is -2.27. The molecule has 2 aromatic carbocycles. The minimum atomic E-state index is -0.544. The van der Waals surface area contributed by atoms with E-state index in [0.717, 1.165) is 16.7 Å². The molecule has 1 aliphatic rings. The van der Waals surface area contributed by atoms with E-state index in [1.807, 2.05) is 0 Å². The summed E-state index contributed by atoms with van der Waals surface area (Å²) in [7, 11) is 0. The number of benzene rings is 2. The van der Waals surface area contributed by atoms with Crippen LogP contribution in [0.15, 0.2) is 53.4 Å². The van der Waals surface area contributed by atoms with E-state index in [1.165, 1.54) is 48.5 Å². The van der Waals surface area contributed by atoms with Gasteiger partial charge in [0.2, 0.25) is 0 Å². The zero-order valence-corrected chi connectivity index (χ0v) is 14.4. The molecule has 0 aliphatic carbocycles. The SMILES string of the molecule is O=C1S/C(=C\c2cccc([N+](=O)[O-])c2)C(=O)N1Cc1ccc([N+](=O)[O-])cc1. The molecule has 2 aromatic rings. The van der Waals surface area contributed by atoms with Crippen LogP contribution in [0.4, 0.5) is 16.2 Å². The Morgan fingerprint density at radius 2 is 1.63 bits per heavy atom. The van der Waals surface area contributed by atoms with Crippen LogP contribution < -0.4 is 0 Å². The smallest absolute Gasteiger partial charge is 0.268 e. The van der Waals surface area contributed by atoms with Crippen molar-refractivity contribution in [1.29, 1.82) is 0 Å². The van der Waals surface area contributed by atoms with Gasteiger partial charge in [0.05, 0.1) is 21.3 Å². The van der Waals surface area contributed by atoms with Crippen molar-refractivity contribution in [3.8, 4) is 0 Å². The quantitative estimate of drug-likeness (QED) is 0.436. The van der Waals surface area contributed by atoms with E-state index in [2.05, 4.69) is 0 Å². The second-order valence-electron chi connectivity index (χ2n) is 5.54. The summed E-state index contributed by atoms with van der Waals surface area (Å²) in [6, 6.07) is 11.3. The highest BCUT2D eigenvalue weighted by Crippen LogP contribution is 2.33. The summed E-state index contributed by atoms with van der Waals surface area (Å²) in [5.74, 6) is -0.519. The molecular weight excluding hydrogens is 374 g/mol. The fraction of sp³-hybridized carbons (Fsp3) is 0.0588. The predicted octanol–water partition coefficient (Wildman–Crippen LogP) is 3.74. The number of hydrogen-bond donors (Lipinski definition) is 0. The largest absolute Gasteiger partial charge is 0.293 e. The van der Waals surface area contributed by atoms with Gasteiger partial charge < -0.3 is 0 Å². The van der Waals surface area contributed by atoms with Gasteiger partial charge in [-0.25, -0.2) is 0 Å². The number of amides is 2. The van der Waals surface area contributed by atoms with Crippen LogP contribution in [0.25, 0.3) is 6.08 Å². The molecule has 1 heterocycles. The van der Waals surface area contributed by atoms with Crippen molar-refractivity contribution < 1.29 is 19.4 Å². The van der Waals surface area contributed by atoms with E-state index < -0.39 is 21.0 Å². The molecule has 2 amide bonds. The first-order chi connectivity index (χ1) is 12.8. The van der Waals surface area contributed by atoms with Crippen molar-refractivity contribution in [3.05, 3.63) is 84.8 Å². The number of hydrogen-bond acceptors (Lipinski definition) is 7. The van der Waals surface area contributed by atoms with Gasteiger partial charge in [0.1, 0.15) is 0 Å². The number of carbonyl (C=O) groups excluding carboxylic acids is 2. The van der Waals surface area contributed by atoms with Crippen LogP contribution in [-0.4, -0.2) is 25.9 Å². The van der Waals surface area contributed by atoms with Crippen molar-refractivity contribution >= 4 is 40.4 Å². The molecule has 1 aliphatic heterocycles. The molecule has 27 heavy (non-hydrogen) atoms. The molecule has 0 unspecified atom stereocenters. The minimum Gasteiger partial charge on any atom is -0.268 e. The van der Waals surface area contributed by atoms with Gasteiger partial charge in [-0.1, -0.05) is 24.3 Å². The molecule has 0 saturated carbocycles. The Morgan fingerprint density at radius 1 is 0.963 bits per heavy atom. The zero-order chi connectivity index (χ0) is 19.6. The maximum absolute atomic E-state index is 12.5. The predicted molar refractivity (Wildman–Crippen MR) is 97.7 cm³/mol. The summed E-state index contributed by atoms with van der Waals surface area (Å²) in [5.41, 5.74) is 0.803. The molecule has 0 radical (unpaired) electrons. The third kappa shape index (κ3) is 4.01. The van der Waals surface area contributed by atoms with Gasteiger partial charge in [0.15, 0.2) is 0 Å². The zero-order valence-electron chi connectivity index (χ0n) is 13.6. The number of imide groups is 1. The van der Waals surface area contributed by atoms with Gasteiger partial charge in [0, 0.05) is 24.3 Å². The van der Waals surface area contributed by atoms with Gasteiger partial charge >= 0.3 is 0 Å². The van der Waals surface area contributed by atoms with Gasteiger partial charge in [-0.2, -0.15) is 0 Å². The molecule has 10 heteroatoms. The number of nitro benzene ring substituents is 2. The molecule has 1 saturated heterocycles. The monoisotopic (exact) mass is 385 g/mol. The standard InChI is InChI=1S/C17H11N3O6S/c21-16-15(9-12-2-1-3-14(8-12)20(25)26)27-17(22)18(16)10-11-4-6-13(7-5-11)19(23)24/h1-9H,10H2/b15-9-. The number of nitro groups is 2. The van der Waals surface area contributed by atoms with E-state index in [1.54, 1.807) is 6.07 Å². The molecule has 1 fully saturated rings. The van der Waals surface area contributed by atoms with E-state index in [-0.39, 0.29) is 22.8 Å². The molecule has 9 nitrogen and oxygen atoms in total. The Kier molecular flexibility index (Phi) is 4.99. The second-order valence-corrected chi connectivity index (χ2v) is 6.54. The lowest BCUT2D eigenvalue weighted by atomic mass is 10.1. The van der Waals surface area contributed by atoms with E-state index in [4.69, 9.17) is 0 Å². The summed E-state index contributed by atoms with van der Waals surface area (Å²) in [5, 5.41) is 21.0. The lowest BCUT2D eigenvalue weighted by molar-refractivity contribution is -0.385. The van der Waals surface area contributed by atoms with Gasteiger partial charge in [-0.15, -0.1) is 0 Å². The molecule has 0 aromatic heterocycles. The lowest BCUT2D eigenvalue weighted by Gasteiger charge is -2.12. The van der Waals surface area contributed by atoms with Gasteiger partial charge in [-0.05, 0) is 29.0 Å². The molecule has 0 N–H and O–H groups in total. The Bertz CT molecular complexity index is 986. The number of carbonyl (C=O) groups is 2. The van der Waals surface area contributed by atoms with Crippen LogP contribution in [0.2, 0.25) is 0 Å². The van der Waals surface area contributed by atoms with E-state index in [0.29, 0.717) is 11.1 Å². The average Bonchev–Trinajstić information content (AvgIpc) is 2.90. The van der Waals surface area contributed by atoms with Crippen molar-refractivity contribution in [2.45, 2.75) is 6.54 Å². The first kappa shape index (κ1) is 18.3. The normalized spacial score (nSPS) is 15.4. The van der Waals surface area contributed by atoms with Crippen LogP contribution in [0, 0.1) is 20.2 Å². The van der Waals surface area contributed by atoms with Crippen LogP contribution in [0.5, 0.6) is 0 Å². The molecule has 0 bridgehead atoms. The van der Waals surface area contributed by atoms with Crippen molar-refractivity contribution in [1.82, 2.24) is 4.90 Å². The summed E-state index contributed by atoms with van der Waals surface area (Å²) in [4.78, 5) is 46.3. The number of rotatable bonds is 5. The van der Waals surface area contributed by atoms with Crippen molar-refractivity contribution in [3.63, 3.8) is 0 Å². The van der Waals surface area contributed by atoms with Crippen LogP contribution in [-0.2, 0) is 11.3 Å². The van der Waals surface area contributed by atoms with Crippen LogP contribution >= 0.6 is 11.8 Å². The number of nitrogens with zero attached hydrogens (tertiary/aromatic N) is 3. The summed E-state index contributed by atoms with van der Waals surface area (Å²) >= 11 is 0.739. The Hall–Kier alpha value is -3.53. The van der Waals surface area contributed by atoms with Crippen molar-refractivity contribution in [2.24, 2.45) is 0 Å². The topological polar surface area (TPSA) is 124 Å². The second kappa shape index (κ2) is 7.38. The Labute approximate surface area is 156 Å². The van der Waals surface area contributed by atoms with Crippen molar-refractivity contribution in [2.75, 3.05) is 0 Å². The fourth-order valence-corrected chi connectivity index (χ4v) is 3.26. The molecule has 0 spiro atoms. The third-order valence-corrected chi connectivity index (χ3v) is 4.65. The maximum atomic E-state index is 12.5. The van der Waals surface area contributed by atoms with Crippen LogP contribution in [0.3, 0.4) is 0 Å². The molecule has 0 atom stereocenters. The highest BCUT2D eigenvalue weighted by Gasteiger charge is 2.35. The molecule has 3 rings (SSSR count). The van der Waals surface area contributed by atoms with Crippen LogP contribution in [0.1, 0.15) is 11.1 Å². The fourth-order valence-electron chi connectivity index (χ4n) is 2.42.